The molecule has 2 aromatic rings. The lowest BCUT2D eigenvalue weighted by Crippen LogP contribution is -2.44. The molecule has 2 fully saturated rings. The van der Waals surface area contributed by atoms with E-state index in [0.717, 1.165) is 51.0 Å². The fraction of sp³-hybridized carbons (Fsp3) is 0.579. The number of nitrogens with zero attached hydrogens (tertiary/aromatic N) is 4. The van der Waals surface area contributed by atoms with E-state index in [1.807, 2.05) is 6.92 Å². The highest BCUT2D eigenvalue weighted by Gasteiger charge is 2.42. The number of likely N-dealkylation sites (tertiary alicyclic amines) is 1. The van der Waals surface area contributed by atoms with Gasteiger partial charge >= 0.3 is 0 Å². The van der Waals surface area contributed by atoms with Crippen LogP contribution in [0.25, 0.3) is 0 Å². The number of aromatic nitrogens is 2. The molecule has 0 bridgehead atoms. The molecular weight excluding hydrogens is 338 g/mol. The Hall–Kier alpha value is -2.02. The van der Waals surface area contributed by atoms with Crippen LogP contribution in [0.4, 0.5) is 14.7 Å². The molecule has 1 atom stereocenters. The van der Waals surface area contributed by atoms with Crippen molar-refractivity contribution >= 4 is 5.95 Å². The van der Waals surface area contributed by atoms with Crippen molar-refractivity contribution in [1.29, 1.82) is 0 Å². The number of halogens is 2. The Balaban J connectivity index is 1.42. The highest BCUT2D eigenvalue weighted by Crippen LogP contribution is 2.40. The highest BCUT2D eigenvalue weighted by molar-refractivity contribution is 5.31. The molecule has 4 rings (SSSR count). The largest absolute Gasteiger partial charge is 0.338 e. The molecule has 1 aromatic heterocycles. The Morgan fingerprint density at radius 2 is 2.04 bits per heavy atom. The van der Waals surface area contributed by atoms with Crippen molar-refractivity contribution in [2.45, 2.75) is 39.2 Å². The van der Waals surface area contributed by atoms with Gasteiger partial charge in [0.15, 0.2) is 11.6 Å². The van der Waals surface area contributed by atoms with E-state index in [9.17, 15) is 8.78 Å². The van der Waals surface area contributed by atoms with Crippen LogP contribution in [0.1, 0.15) is 37.6 Å². The minimum absolute atomic E-state index is 0.212. The fourth-order valence-electron chi connectivity index (χ4n) is 4.30. The summed E-state index contributed by atoms with van der Waals surface area (Å²) < 4.78 is 31.9. The van der Waals surface area contributed by atoms with E-state index in [1.54, 1.807) is 6.07 Å². The van der Waals surface area contributed by atoms with E-state index in [0.29, 0.717) is 18.4 Å². The summed E-state index contributed by atoms with van der Waals surface area (Å²) in [6.45, 7) is 6.46. The highest BCUT2D eigenvalue weighted by atomic mass is 19.2. The third-order valence-corrected chi connectivity index (χ3v) is 5.61. The number of rotatable bonds is 4. The standard InChI is InChI=1S/C19H24F2N4O/c1-2-17-22-18(23-26-17)25-9-7-19(13-25)6-3-8-24(12-19)11-14-4-5-15(20)16(21)10-14/h4-5,10H,2-3,6-9,11-13H2,1H3. The second kappa shape index (κ2) is 6.95. The molecule has 5 nitrogen and oxygen atoms in total. The molecule has 2 saturated heterocycles. The first-order valence-corrected chi connectivity index (χ1v) is 9.31. The number of hydrogen-bond donors (Lipinski definition) is 0. The maximum absolute atomic E-state index is 13.5. The van der Waals surface area contributed by atoms with Crippen LogP contribution >= 0.6 is 0 Å². The first-order valence-electron chi connectivity index (χ1n) is 9.31. The molecule has 1 spiro atoms. The van der Waals surface area contributed by atoms with Crippen LogP contribution in [0.15, 0.2) is 22.7 Å². The van der Waals surface area contributed by atoms with Crippen LogP contribution < -0.4 is 4.90 Å². The second-order valence-corrected chi connectivity index (χ2v) is 7.58. The SMILES string of the molecule is CCc1nc(N2CCC3(CCCN(Cc4ccc(F)c(F)c4)C3)C2)no1. The average molecular weight is 362 g/mol. The summed E-state index contributed by atoms with van der Waals surface area (Å²) in [6, 6.07) is 4.19. The summed E-state index contributed by atoms with van der Waals surface area (Å²) in [5, 5.41) is 4.10. The predicted octanol–water partition coefficient (Wildman–Crippen LogP) is 3.40. The van der Waals surface area contributed by atoms with Crippen molar-refractivity contribution in [3.63, 3.8) is 0 Å². The van der Waals surface area contributed by atoms with E-state index in [-0.39, 0.29) is 5.41 Å². The van der Waals surface area contributed by atoms with Gasteiger partial charge in [0.1, 0.15) is 0 Å². The maximum atomic E-state index is 13.5. The summed E-state index contributed by atoms with van der Waals surface area (Å²) in [5.74, 6) is -0.201. The molecule has 26 heavy (non-hydrogen) atoms. The lowest BCUT2D eigenvalue weighted by atomic mass is 9.79. The predicted molar refractivity (Wildman–Crippen MR) is 93.8 cm³/mol. The van der Waals surface area contributed by atoms with Gasteiger partial charge in [-0.1, -0.05) is 13.0 Å². The number of aryl methyl sites for hydroxylation is 1. The molecule has 2 aliphatic rings. The molecule has 0 N–H and O–H groups in total. The molecule has 0 amide bonds. The zero-order valence-corrected chi connectivity index (χ0v) is 15.0. The molecule has 140 valence electrons. The first-order chi connectivity index (χ1) is 12.6. The molecule has 1 aromatic carbocycles. The lowest BCUT2D eigenvalue weighted by Gasteiger charge is -2.40. The van der Waals surface area contributed by atoms with Gasteiger partial charge < -0.3 is 9.42 Å². The molecule has 0 saturated carbocycles. The van der Waals surface area contributed by atoms with E-state index in [2.05, 4.69) is 19.9 Å². The van der Waals surface area contributed by atoms with E-state index in [1.165, 1.54) is 18.6 Å². The van der Waals surface area contributed by atoms with Gasteiger partial charge in [0.25, 0.3) is 5.95 Å². The van der Waals surface area contributed by atoms with E-state index in [4.69, 9.17) is 4.52 Å². The summed E-state index contributed by atoms with van der Waals surface area (Å²) in [5.41, 5.74) is 1.03. The van der Waals surface area contributed by atoms with Crippen LogP contribution in [0.5, 0.6) is 0 Å². The van der Waals surface area contributed by atoms with Crippen molar-refractivity contribution in [3.05, 3.63) is 41.3 Å². The smallest absolute Gasteiger partial charge is 0.266 e. The third-order valence-electron chi connectivity index (χ3n) is 5.61. The molecule has 0 radical (unpaired) electrons. The second-order valence-electron chi connectivity index (χ2n) is 7.58. The average Bonchev–Trinajstić information content (AvgIpc) is 3.26. The van der Waals surface area contributed by atoms with Crippen molar-refractivity contribution in [2.75, 3.05) is 31.1 Å². The van der Waals surface area contributed by atoms with Gasteiger partial charge in [0, 0.05) is 38.0 Å². The van der Waals surface area contributed by atoms with Gasteiger partial charge in [0.05, 0.1) is 0 Å². The molecule has 7 heteroatoms. The Morgan fingerprint density at radius 3 is 2.81 bits per heavy atom. The number of hydrogen-bond acceptors (Lipinski definition) is 5. The minimum Gasteiger partial charge on any atom is -0.338 e. The van der Waals surface area contributed by atoms with E-state index < -0.39 is 11.6 Å². The van der Waals surface area contributed by atoms with Gasteiger partial charge in [-0.2, -0.15) is 4.98 Å². The van der Waals surface area contributed by atoms with Crippen LogP contribution in [0.2, 0.25) is 0 Å². The Bertz CT molecular complexity index is 781. The quantitative estimate of drug-likeness (QED) is 0.834. The molecule has 3 heterocycles. The Morgan fingerprint density at radius 1 is 1.15 bits per heavy atom. The Labute approximate surface area is 152 Å². The summed E-state index contributed by atoms with van der Waals surface area (Å²) in [6.07, 6.45) is 4.13. The number of benzene rings is 1. The number of piperidine rings is 1. The molecule has 1 unspecified atom stereocenters. The van der Waals surface area contributed by atoms with Crippen LogP contribution in [0, 0.1) is 17.0 Å². The monoisotopic (exact) mass is 362 g/mol. The Kier molecular flexibility index (Phi) is 4.65. The zero-order valence-electron chi connectivity index (χ0n) is 15.0. The first kappa shape index (κ1) is 17.4. The van der Waals surface area contributed by atoms with Gasteiger partial charge in [-0.3, -0.25) is 4.90 Å². The maximum Gasteiger partial charge on any atom is 0.266 e. The van der Waals surface area contributed by atoms with Crippen LogP contribution in [0.3, 0.4) is 0 Å². The number of anilines is 1. The molecule has 2 aliphatic heterocycles. The van der Waals surface area contributed by atoms with Crippen molar-refractivity contribution in [1.82, 2.24) is 15.0 Å². The minimum atomic E-state index is -0.790. The van der Waals surface area contributed by atoms with Gasteiger partial charge in [0.2, 0.25) is 5.89 Å². The third kappa shape index (κ3) is 3.45. The van der Waals surface area contributed by atoms with Gasteiger partial charge in [-0.15, -0.1) is 0 Å². The van der Waals surface area contributed by atoms with Gasteiger partial charge in [-0.25, -0.2) is 8.78 Å². The van der Waals surface area contributed by atoms with Crippen LogP contribution in [-0.4, -0.2) is 41.2 Å². The van der Waals surface area contributed by atoms with Crippen molar-refractivity contribution < 1.29 is 13.3 Å². The van der Waals surface area contributed by atoms with Gasteiger partial charge in [-0.05, 0) is 48.7 Å². The van der Waals surface area contributed by atoms with Crippen LogP contribution in [-0.2, 0) is 13.0 Å². The van der Waals surface area contributed by atoms with Crippen molar-refractivity contribution in [2.24, 2.45) is 5.41 Å². The summed E-state index contributed by atoms with van der Waals surface area (Å²) in [4.78, 5) is 9.02. The molecule has 0 aliphatic carbocycles. The normalized spacial score (nSPS) is 23.9. The van der Waals surface area contributed by atoms with Crippen molar-refractivity contribution in [3.8, 4) is 0 Å². The summed E-state index contributed by atoms with van der Waals surface area (Å²) in [7, 11) is 0. The van der Waals surface area contributed by atoms with E-state index >= 15 is 0 Å². The molecular formula is C19H24F2N4O. The fourth-order valence-corrected chi connectivity index (χ4v) is 4.30. The topological polar surface area (TPSA) is 45.4 Å². The lowest BCUT2D eigenvalue weighted by molar-refractivity contribution is 0.0990. The summed E-state index contributed by atoms with van der Waals surface area (Å²) >= 11 is 0. The zero-order chi connectivity index (χ0) is 18.1.